The lowest BCUT2D eigenvalue weighted by Gasteiger charge is -2.31. The van der Waals surface area contributed by atoms with Crippen LogP contribution in [0.15, 0.2) is 65.1 Å². The molecule has 2 N–H and O–H groups in total. The Kier molecular flexibility index (Phi) is 6.70. The lowest BCUT2D eigenvalue weighted by atomic mass is 9.96. The maximum absolute atomic E-state index is 13.1. The molecule has 0 unspecified atom stereocenters. The molecule has 1 fully saturated rings. The first-order valence-corrected chi connectivity index (χ1v) is 10.6. The van der Waals surface area contributed by atoms with Gasteiger partial charge in [-0.25, -0.2) is 0 Å². The van der Waals surface area contributed by atoms with Gasteiger partial charge in [0.2, 0.25) is 5.91 Å². The predicted octanol–water partition coefficient (Wildman–Crippen LogP) is 4.30. The summed E-state index contributed by atoms with van der Waals surface area (Å²) in [7, 11) is 1.65. The third-order valence-corrected chi connectivity index (χ3v) is 5.71. The summed E-state index contributed by atoms with van der Waals surface area (Å²) in [4.78, 5) is 15.3. The summed E-state index contributed by atoms with van der Waals surface area (Å²) in [5, 5.41) is 12.3. The first kappa shape index (κ1) is 21.2. The van der Waals surface area contributed by atoms with Gasteiger partial charge in [0.15, 0.2) is 0 Å². The molecule has 0 radical (unpaired) electrons. The zero-order chi connectivity index (χ0) is 21.6. The van der Waals surface area contributed by atoms with Crippen molar-refractivity contribution >= 4 is 11.6 Å². The smallest absolute Gasteiger partial charge is 0.228 e. The molecule has 6 nitrogen and oxygen atoms in total. The first-order valence-electron chi connectivity index (χ1n) is 10.6. The van der Waals surface area contributed by atoms with Crippen molar-refractivity contribution in [1.29, 1.82) is 0 Å². The van der Waals surface area contributed by atoms with Gasteiger partial charge < -0.3 is 19.6 Å². The largest absolute Gasteiger partial charge is 0.497 e. The quantitative estimate of drug-likeness (QED) is 0.596. The number of rotatable bonds is 7. The molecular formula is C25H28N2O4. The Morgan fingerprint density at radius 3 is 2.65 bits per heavy atom. The number of hydrogen-bond donors (Lipinski definition) is 2. The minimum atomic E-state index is -0.0986. The van der Waals surface area contributed by atoms with Crippen molar-refractivity contribution in [2.24, 2.45) is 5.92 Å². The first-order chi connectivity index (χ1) is 15.2. The number of hydrogen-bond acceptors (Lipinski definition) is 5. The number of nitrogens with zero attached hydrogens (tertiary/aromatic N) is 1. The van der Waals surface area contributed by atoms with E-state index in [0.717, 1.165) is 47.7 Å². The summed E-state index contributed by atoms with van der Waals surface area (Å²) in [6.45, 7) is 2.16. The van der Waals surface area contributed by atoms with Crippen LogP contribution in [-0.4, -0.2) is 36.1 Å². The van der Waals surface area contributed by atoms with Gasteiger partial charge in [0.1, 0.15) is 23.9 Å². The third kappa shape index (κ3) is 5.16. The highest BCUT2D eigenvalue weighted by Crippen LogP contribution is 2.30. The van der Waals surface area contributed by atoms with Gasteiger partial charge in [-0.3, -0.25) is 9.69 Å². The van der Waals surface area contributed by atoms with E-state index in [4.69, 9.17) is 9.15 Å². The number of amides is 1. The number of piperidine rings is 1. The van der Waals surface area contributed by atoms with Crippen LogP contribution >= 0.6 is 0 Å². The van der Waals surface area contributed by atoms with Crippen molar-refractivity contribution < 1.29 is 19.1 Å². The lowest BCUT2D eigenvalue weighted by molar-refractivity contribution is -0.121. The number of ether oxygens (including phenoxy) is 1. The van der Waals surface area contributed by atoms with Gasteiger partial charge in [0.25, 0.3) is 0 Å². The summed E-state index contributed by atoms with van der Waals surface area (Å²) >= 11 is 0. The minimum Gasteiger partial charge on any atom is -0.497 e. The number of furan rings is 1. The molecule has 0 aliphatic carbocycles. The minimum absolute atomic E-state index is 0.0427. The third-order valence-electron chi connectivity index (χ3n) is 5.71. The van der Waals surface area contributed by atoms with Crippen molar-refractivity contribution in [1.82, 2.24) is 4.90 Å². The van der Waals surface area contributed by atoms with E-state index in [-0.39, 0.29) is 18.4 Å². The molecule has 31 heavy (non-hydrogen) atoms. The fraction of sp³-hybridized carbons (Fsp3) is 0.320. The van der Waals surface area contributed by atoms with Crippen LogP contribution < -0.4 is 10.1 Å². The molecule has 1 atom stereocenters. The van der Waals surface area contributed by atoms with Crippen molar-refractivity contribution in [2.45, 2.75) is 26.0 Å². The summed E-state index contributed by atoms with van der Waals surface area (Å²) in [5.41, 5.74) is 2.83. The number of aliphatic hydroxyl groups is 1. The molecule has 6 heteroatoms. The lowest BCUT2D eigenvalue weighted by Crippen LogP contribution is -2.40. The molecule has 0 spiro atoms. The number of methoxy groups -OCH3 is 1. The highest BCUT2D eigenvalue weighted by Gasteiger charge is 2.27. The molecule has 2 aromatic carbocycles. The summed E-state index contributed by atoms with van der Waals surface area (Å²) < 4.78 is 10.9. The maximum Gasteiger partial charge on any atom is 0.228 e. The SMILES string of the molecule is COc1ccc(-c2ccccc2NC(=O)[C@H]2CCCN(Cc3ccc(CO)o3)C2)cc1. The summed E-state index contributed by atoms with van der Waals surface area (Å²) in [6, 6.07) is 19.4. The maximum atomic E-state index is 13.1. The fourth-order valence-electron chi connectivity index (χ4n) is 4.08. The Morgan fingerprint density at radius 1 is 1.13 bits per heavy atom. The number of nitrogens with one attached hydrogen (secondary N) is 1. The van der Waals surface area contributed by atoms with E-state index in [2.05, 4.69) is 10.2 Å². The Hall–Kier alpha value is -3.09. The fourth-order valence-corrected chi connectivity index (χ4v) is 4.08. The van der Waals surface area contributed by atoms with Gasteiger partial charge in [-0.2, -0.15) is 0 Å². The van der Waals surface area contributed by atoms with E-state index in [9.17, 15) is 9.90 Å². The van der Waals surface area contributed by atoms with Crippen LogP contribution in [0.5, 0.6) is 5.75 Å². The Labute approximate surface area is 182 Å². The van der Waals surface area contributed by atoms with Crippen LogP contribution in [0.1, 0.15) is 24.4 Å². The number of anilines is 1. The second-order valence-electron chi connectivity index (χ2n) is 7.86. The summed E-state index contributed by atoms with van der Waals surface area (Å²) in [6.07, 6.45) is 1.83. The van der Waals surface area contributed by atoms with E-state index in [1.165, 1.54) is 0 Å². The van der Waals surface area contributed by atoms with Gasteiger partial charge in [-0.15, -0.1) is 0 Å². The Balaban J connectivity index is 1.43. The molecule has 4 rings (SSSR count). The number of likely N-dealkylation sites (tertiary alicyclic amines) is 1. The molecule has 0 bridgehead atoms. The molecule has 162 valence electrons. The van der Waals surface area contributed by atoms with Gasteiger partial charge in [-0.1, -0.05) is 30.3 Å². The average molecular weight is 421 g/mol. The molecule has 1 aromatic heterocycles. The van der Waals surface area contributed by atoms with Crippen molar-refractivity contribution in [3.63, 3.8) is 0 Å². The molecule has 1 aliphatic heterocycles. The number of benzene rings is 2. The van der Waals surface area contributed by atoms with Crippen molar-refractivity contribution in [2.75, 3.05) is 25.5 Å². The van der Waals surface area contributed by atoms with Gasteiger partial charge in [-0.05, 0) is 55.3 Å². The normalized spacial score (nSPS) is 16.8. The van der Waals surface area contributed by atoms with Crippen LogP contribution in [-0.2, 0) is 17.9 Å². The van der Waals surface area contributed by atoms with E-state index in [1.54, 1.807) is 13.2 Å². The standard InChI is InChI=1S/C25H28N2O4/c1-30-20-10-8-18(9-11-20)23-6-2-3-7-24(23)26-25(29)19-5-4-14-27(15-19)16-21-12-13-22(17-28)31-21/h2-3,6-13,19,28H,4-5,14-17H2,1H3,(H,26,29)/t19-/m0/s1. The molecule has 1 saturated heterocycles. The van der Waals surface area contributed by atoms with E-state index >= 15 is 0 Å². The predicted molar refractivity (Wildman–Crippen MR) is 120 cm³/mol. The molecule has 1 amide bonds. The van der Waals surface area contributed by atoms with Crippen molar-refractivity contribution in [3.8, 4) is 16.9 Å². The molecule has 3 aromatic rings. The molecule has 1 aliphatic rings. The van der Waals surface area contributed by atoms with E-state index in [0.29, 0.717) is 18.8 Å². The monoisotopic (exact) mass is 420 g/mol. The van der Waals surface area contributed by atoms with Crippen LogP contribution in [0.3, 0.4) is 0 Å². The van der Waals surface area contributed by atoms with Gasteiger partial charge in [0, 0.05) is 17.8 Å². The van der Waals surface area contributed by atoms with Gasteiger partial charge >= 0.3 is 0 Å². The Bertz CT molecular complexity index is 1010. The van der Waals surface area contributed by atoms with Gasteiger partial charge in [0.05, 0.1) is 19.6 Å². The molecule has 2 heterocycles. The number of aliphatic hydroxyl groups excluding tert-OH is 1. The average Bonchev–Trinajstić information content (AvgIpc) is 3.27. The summed E-state index contributed by atoms with van der Waals surface area (Å²) in [5.74, 6) is 2.15. The zero-order valence-electron chi connectivity index (χ0n) is 17.7. The second-order valence-corrected chi connectivity index (χ2v) is 7.86. The van der Waals surface area contributed by atoms with Crippen LogP contribution in [0.4, 0.5) is 5.69 Å². The number of carbonyl (C=O) groups is 1. The number of carbonyl (C=O) groups excluding carboxylic acids is 1. The highest BCUT2D eigenvalue weighted by atomic mass is 16.5. The number of para-hydroxylation sites is 1. The van der Waals surface area contributed by atoms with Crippen molar-refractivity contribution in [3.05, 3.63) is 72.2 Å². The van der Waals surface area contributed by atoms with Crippen LogP contribution in [0, 0.1) is 5.92 Å². The molecular weight excluding hydrogens is 392 g/mol. The van der Waals surface area contributed by atoms with E-state index in [1.807, 2.05) is 54.6 Å². The Morgan fingerprint density at radius 2 is 1.90 bits per heavy atom. The zero-order valence-corrected chi connectivity index (χ0v) is 17.7. The van der Waals surface area contributed by atoms with Crippen LogP contribution in [0.2, 0.25) is 0 Å². The van der Waals surface area contributed by atoms with E-state index < -0.39 is 0 Å². The highest BCUT2D eigenvalue weighted by molar-refractivity contribution is 5.97. The molecule has 0 saturated carbocycles. The second kappa shape index (κ2) is 9.81. The topological polar surface area (TPSA) is 74.9 Å². The van der Waals surface area contributed by atoms with Crippen LogP contribution in [0.25, 0.3) is 11.1 Å².